The molecule has 0 aromatic heterocycles. The van der Waals surface area contributed by atoms with E-state index in [9.17, 15) is 0 Å². The fraction of sp³-hybridized carbons (Fsp3) is 0.474. The van der Waals surface area contributed by atoms with E-state index in [1.165, 1.54) is 0 Å². The first-order chi connectivity index (χ1) is 22.3. The molecule has 2 atom stereocenters. The number of hydrogen-bond donors (Lipinski definition) is 0. The molecule has 2 aliphatic heterocycles. The van der Waals surface area contributed by atoms with Crippen LogP contribution in [0.15, 0.2) is 12.1 Å². The Morgan fingerprint density at radius 3 is 1.28 bits per heavy atom. The molecule has 0 saturated carbocycles. The third kappa shape index (κ3) is 4.55. The largest absolute Gasteiger partial charge is 0.492 e. The van der Waals surface area contributed by atoms with Crippen LogP contribution >= 0.6 is 0 Å². The predicted molar refractivity (Wildman–Crippen MR) is 181 cm³/mol. The fourth-order valence-electron chi connectivity index (χ4n) is 7.54. The summed E-state index contributed by atoms with van der Waals surface area (Å²) in [4.78, 5) is 0. The first-order valence-electron chi connectivity index (χ1n) is 16.4. The summed E-state index contributed by atoms with van der Waals surface area (Å²) in [6, 6.07) is 4.51. The molecular weight excluding hydrogens is 584 g/mol. The standard InChI is InChI=1S/C38H46O8/c1-11-15-21-23-17-19(5)25(33-27(23)29(37(41-9)45-33)35(39-7)31(21)43-13-3)26-20(6)18-24-22(16-12-2)32(44-14-4)36(40-8)30-28(24)34(26)46-38(30)42-10/h17-18,37-38H,11-16H2,1-10H3. The molecule has 0 saturated heterocycles. The van der Waals surface area contributed by atoms with Crippen LogP contribution in [0.3, 0.4) is 0 Å². The van der Waals surface area contributed by atoms with E-state index in [0.717, 1.165) is 115 Å². The molecule has 8 nitrogen and oxygen atoms in total. The molecule has 4 aromatic carbocycles. The van der Waals surface area contributed by atoms with Crippen molar-refractivity contribution in [2.45, 2.75) is 79.8 Å². The van der Waals surface area contributed by atoms with Crippen LogP contribution in [-0.4, -0.2) is 41.7 Å². The van der Waals surface area contributed by atoms with Gasteiger partial charge in [0.1, 0.15) is 11.5 Å². The molecule has 4 aromatic rings. The molecule has 0 bridgehead atoms. The van der Waals surface area contributed by atoms with Gasteiger partial charge in [-0.25, -0.2) is 0 Å². The van der Waals surface area contributed by atoms with Gasteiger partial charge < -0.3 is 37.9 Å². The maximum Gasteiger partial charge on any atom is 0.231 e. The summed E-state index contributed by atoms with van der Waals surface area (Å²) in [6.07, 6.45) is 2.26. The quantitative estimate of drug-likeness (QED) is 0.145. The van der Waals surface area contributed by atoms with Gasteiger partial charge in [0, 0.05) is 47.2 Å². The van der Waals surface area contributed by atoms with Crippen molar-refractivity contribution in [1.29, 1.82) is 0 Å². The number of methoxy groups -OCH3 is 4. The second-order valence-electron chi connectivity index (χ2n) is 11.9. The van der Waals surface area contributed by atoms with Gasteiger partial charge in [0.15, 0.2) is 23.0 Å². The van der Waals surface area contributed by atoms with Crippen LogP contribution < -0.4 is 28.4 Å². The zero-order chi connectivity index (χ0) is 32.9. The molecule has 0 amide bonds. The molecule has 8 heteroatoms. The second-order valence-corrected chi connectivity index (χ2v) is 11.9. The highest BCUT2D eigenvalue weighted by Gasteiger charge is 2.41. The van der Waals surface area contributed by atoms with Gasteiger partial charge in [-0.2, -0.15) is 0 Å². The summed E-state index contributed by atoms with van der Waals surface area (Å²) >= 11 is 0. The number of benzene rings is 4. The van der Waals surface area contributed by atoms with Gasteiger partial charge in [-0.15, -0.1) is 0 Å². The maximum atomic E-state index is 6.75. The minimum Gasteiger partial charge on any atom is -0.492 e. The lowest BCUT2D eigenvalue weighted by atomic mass is 9.85. The molecule has 6 rings (SSSR count). The third-order valence-corrected chi connectivity index (χ3v) is 9.18. The average Bonchev–Trinajstić information content (AvgIpc) is 3.62. The van der Waals surface area contributed by atoms with Crippen LogP contribution in [0, 0.1) is 13.8 Å². The van der Waals surface area contributed by atoms with Gasteiger partial charge in [0.25, 0.3) is 0 Å². The van der Waals surface area contributed by atoms with E-state index >= 15 is 0 Å². The highest BCUT2D eigenvalue weighted by atomic mass is 16.7. The van der Waals surface area contributed by atoms with Crippen molar-refractivity contribution in [3.05, 3.63) is 45.5 Å². The zero-order valence-electron chi connectivity index (χ0n) is 28.8. The highest BCUT2D eigenvalue weighted by Crippen LogP contribution is 2.61. The van der Waals surface area contributed by atoms with Crippen LogP contribution in [0.4, 0.5) is 0 Å². The maximum absolute atomic E-state index is 6.75. The van der Waals surface area contributed by atoms with E-state index in [4.69, 9.17) is 37.9 Å². The Hall–Kier alpha value is -3.88. The molecule has 0 N–H and O–H groups in total. The molecule has 0 aliphatic carbocycles. The molecule has 2 unspecified atom stereocenters. The number of hydrogen-bond acceptors (Lipinski definition) is 8. The zero-order valence-corrected chi connectivity index (χ0v) is 28.8. The number of ether oxygens (including phenoxy) is 8. The Labute approximate surface area is 271 Å². The van der Waals surface area contributed by atoms with Crippen molar-refractivity contribution in [2.75, 3.05) is 41.7 Å². The normalized spacial score (nSPS) is 16.2. The number of rotatable bonds is 13. The lowest BCUT2D eigenvalue weighted by molar-refractivity contribution is -0.0493. The van der Waals surface area contributed by atoms with E-state index < -0.39 is 12.6 Å². The molecule has 246 valence electrons. The van der Waals surface area contributed by atoms with Crippen LogP contribution in [0.1, 0.15) is 86.5 Å². The third-order valence-electron chi connectivity index (χ3n) is 9.18. The van der Waals surface area contributed by atoms with E-state index in [2.05, 4.69) is 39.8 Å². The van der Waals surface area contributed by atoms with Crippen molar-refractivity contribution in [2.24, 2.45) is 0 Å². The van der Waals surface area contributed by atoms with Gasteiger partial charge in [0.2, 0.25) is 12.6 Å². The first kappa shape index (κ1) is 32.1. The molecular formula is C38H46O8. The average molecular weight is 631 g/mol. The smallest absolute Gasteiger partial charge is 0.231 e. The minimum atomic E-state index is -0.662. The van der Waals surface area contributed by atoms with Crippen molar-refractivity contribution in [3.8, 4) is 45.6 Å². The number of aryl methyl sites for hydroxylation is 4. The van der Waals surface area contributed by atoms with Crippen LogP contribution in [0.25, 0.3) is 32.7 Å². The van der Waals surface area contributed by atoms with Crippen molar-refractivity contribution < 1.29 is 37.9 Å². The highest BCUT2D eigenvalue weighted by molar-refractivity contribution is 6.10. The van der Waals surface area contributed by atoms with Crippen LogP contribution in [0.2, 0.25) is 0 Å². The summed E-state index contributed by atoms with van der Waals surface area (Å²) in [5, 5.41) is 4.16. The van der Waals surface area contributed by atoms with E-state index in [1.807, 2.05) is 13.8 Å². The second kappa shape index (κ2) is 12.7. The fourth-order valence-corrected chi connectivity index (χ4v) is 7.54. The SMILES string of the molecule is CCCc1c(OCC)c(OC)c2c3c(c(-c4c(C)cc5c(CCC)c(OCC)c(OC)c6c5c4OC6OC)c(C)cc13)OC2OC. The summed E-state index contributed by atoms with van der Waals surface area (Å²) in [5.41, 5.74) is 7.97. The lowest BCUT2D eigenvalue weighted by Crippen LogP contribution is -2.08. The Morgan fingerprint density at radius 2 is 0.978 bits per heavy atom. The van der Waals surface area contributed by atoms with Crippen LogP contribution in [0.5, 0.6) is 34.5 Å². The monoisotopic (exact) mass is 630 g/mol. The van der Waals surface area contributed by atoms with E-state index in [1.54, 1.807) is 28.4 Å². The predicted octanol–water partition coefficient (Wildman–Crippen LogP) is 9.07. The minimum absolute atomic E-state index is 0.523. The Morgan fingerprint density at radius 1 is 0.587 bits per heavy atom. The van der Waals surface area contributed by atoms with Crippen molar-refractivity contribution in [3.63, 3.8) is 0 Å². The molecule has 2 heterocycles. The summed E-state index contributed by atoms with van der Waals surface area (Å²) in [6.45, 7) is 13.7. The van der Waals surface area contributed by atoms with Gasteiger partial charge in [0.05, 0.1) is 38.6 Å². The Kier molecular flexibility index (Phi) is 8.87. The Balaban J connectivity index is 1.76. The van der Waals surface area contributed by atoms with E-state index in [0.29, 0.717) is 24.7 Å². The molecule has 2 aliphatic rings. The van der Waals surface area contributed by atoms with Crippen LogP contribution in [-0.2, 0) is 22.3 Å². The molecule has 46 heavy (non-hydrogen) atoms. The summed E-state index contributed by atoms with van der Waals surface area (Å²) < 4.78 is 50.1. The van der Waals surface area contributed by atoms with Gasteiger partial charge in [-0.3, -0.25) is 0 Å². The lowest BCUT2D eigenvalue weighted by Gasteiger charge is -2.22. The summed E-state index contributed by atoms with van der Waals surface area (Å²) in [5.74, 6) is 4.36. The van der Waals surface area contributed by atoms with Gasteiger partial charge >= 0.3 is 0 Å². The van der Waals surface area contributed by atoms with Crippen molar-refractivity contribution in [1.82, 2.24) is 0 Å². The van der Waals surface area contributed by atoms with Gasteiger partial charge in [-0.05, 0) is 62.4 Å². The topological polar surface area (TPSA) is 73.8 Å². The van der Waals surface area contributed by atoms with Gasteiger partial charge in [-0.1, -0.05) is 38.8 Å². The molecule has 0 fully saturated rings. The Bertz CT molecular complexity index is 1690. The summed E-state index contributed by atoms with van der Waals surface area (Å²) in [7, 11) is 6.68. The van der Waals surface area contributed by atoms with Crippen molar-refractivity contribution >= 4 is 21.5 Å². The molecule has 0 spiro atoms. The molecule has 0 radical (unpaired) electrons. The first-order valence-corrected chi connectivity index (χ1v) is 16.4. The van der Waals surface area contributed by atoms with E-state index in [-0.39, 0.29) is 0 Å².